The minimum absolute atomic E-state index is 0.560. The van der Waals surface area contributed by atoms with Crippen molar-refractivity contribution in [2.45, 2.75) is 51.7 Å². The summed E-state index contributed by atoms with van der Waals surface area (Å²) in [4.78, 5) is 4.17. The summed E-state index contributed by atoms with van der Waals surface area (Å²) in [7, 11) is 0. The quantitative estimate of drug-likeness (QED) is 0.817. The first-order valence-corrected chi connectivity index (χ1v) is 6.62. The lowest BCUT2D eigenvalue weighted by Crippen LogP contribution is -2.33. The average Bonchev–Trinajstić information content (AvgIpc) is 2.81. The molecule has 94 valence electrons. The molecule has 0 aliphatic carbocycles. The van der Waals surface area contributed by atoms with Crippen molar-refractivity contribution in [3.8, 4) is 0 Å². The van der Waals surface area contributed by atoms with Crippen molar-refractivity contribution in [1.82, 2.24) is 15.6 Å². The van der Waals surface area contributed by atoms with Crippen molar-refractivity contribution in [3.63, 3.8) is 0 Å². The van der Waals surface area contributed by atoms with Crippen LogP contribution in [0.15, 0.2) is 18.5 Å². The van der Waals surface area contributed by atoms with Gasteiger partial charge in [-0.2, -0.15) is 0 Å². The average molecular weight is 233 g/mol. The fourth-order valence-electron chi connectivity index (χ4n) is 2.43. The molecule has 2 heterocycles. The Balaban J connectivity index is 1.75. The summed E-state index contributed by atoms with van der Waals surface area (Å²) in [5, 5.41) is 7.13. The number of aryl methyl sites for hydroxylation is 1. The van der Waals surface area contributed by atoms with Gasteiger partial charge in [-0.15, -0.1) is 0 Å². The number of nitrogens with one attached hydrogen (secondary N) is 2. The molecule has 2 unspecified atom stereocenters. The van der Waals surface area contributed by atoms with Gasteiger partial charge >= 0.3 is 0 Å². The van der Waals surface area contributed by atoms with Gasteiger partial charge in [0.05, 0.1) is 0 Å². The highest BCUT2D eigenvalue weighted by molar-refractivity contribution is 5.21. The summed E-state index contributed by atoms with van der Waals surface area (Å²) >= 11 is 0. The van der Waals surface area contributed by atoms with E-state index in [1.807, 2.05) is 12.4 Å². The van der Waals surface area contributed by atoms with Crippen LogP contribution in [0.4, 0.5) is 0 Å². The third-order valence-electron chi connectivity index (χ3n) is 3.59. The van der Waals surface area contributed by atoms with E-state index in [0.29, 0.717) is 12.1 Å². The maximum absolute atomic E-state index is 4.17. The monoisotopic (exact) mass is 233 g/mol. The number of nitrogens with zero attached hydrogens (tertiary/aromatic N) is 1. The standard InChI is InChI=1S/C14H23N3/c1-11-5-7-15-9-13(11)10-17-12(2)8-14-4-3-6-16-14/h5,7,9,12,14,16-17H,3-4,6,8,10H2,1-2H3. The predicted molar refractivity (Wildman–Crippen MR) is 70.9 cm³/mol. The van der Waals surface area contributed by atoms with Crippen molar-refractivity contribution >= 4 is 0 Å². The minimum Gasteiger partial charge on any atom is -0.314 e. The molecule has 2 rings (SSSR count). The van der Waals surface area contributed by atoms with Gasteiger partial charge in [-0.05, 0) is 56.8 Å². The van der Waals surface area contributed by atoms with Gasteiger partial charge in [-0.3, -0.25) is 4.98 Å². The molecular formula is C14H23N3. The number of pyridine rings is 1. The van der Waals surface area contributed by atoms with Crippen molar-refractivity contribution < 1.29 is 0 Å². The molecule has 1 aromatic rings. The van der Waals surface area contributed by atoms with Crippen LogP contribution in [0.3, 0.4) is 0 Å². The highest BCUT2D eigenvalue weighted by Gasteiger charge is 2.16. The van der Waals surface area contributed by atoms with Crippen LogP contribution in [0.1, 0.15) is 37.3 Å². The molecule has 0 spiro atoms. The van der Waals surface area contributed by atoms with Crippen molar-refractivity contribution in [1.29, 1.82) is 0 Å². The lowest BCUT2D eigenvalue weighted by molar-refractivity contribution is 0.439. The van der Waals surface area contributed by atoms with Crippen molar-refractivity contribution in [3.05, 3.63) is 29.6 Å². The van der Waals surface area contributed by atoms with Crippen molar-refractivity contribution in [2.75, 3.05) is 6.54 Å². The van der Waals surface area contributed by atoms with E-state index in [-0.39, 0.29) is 0 Å². The third kappa shape index (κ3) is 3.79. The molecule has 2 N–H and O–H groups in total. The van der Waals surface area contributed by atoms with Gasteiger partial charge in [-0.25, -0.2) is 0 Å². The molecule has 1 fully saturated rings. The van der Waals surface area contributed by atoms with Gasteiger partial charge in [0.2, 0.25) is 0 Å². The molecule has 0 saturated carbocycles. The fourth-order valence-corrected chi connectivity index (χ4v) is 2.43. The lowest BCUT2D eigenvalue weighted by atomic mass is 10.1. The second-order valence-corrected chi connectivity index (χ2v) is 5.11. The van der Waals surface area contributed by atoms with E-state index in [2.05, 4.69) is 35.5 Å². The topological polar surface area (TPSA) is 37.0 Å². The van der Waals surface area contributed by atoms with Crippen LogP contribution in [0.25, 0.3) is 0 Å². The molecule has 1 aromatic heterocycles. The Kier molecular flexibility index (Phi) is 4.51. The largest absolute Gasteiger partial charge is 0.314 e. The smallest absolute Gasteiger partial charge is 0.0315 e. The van der Waals surface area contributed by atoms with Crippen LogP contribution >= 0.6 is 0 Å². The lowest BCUT2D eigenvalue weighted by Gasteiger charge is -2.18. The maximum atomic E-state index is 4.17. The highest BCUT2D eigenvalue weighted by atomic mass is 15.0. The summed E-state index contributed by atoms with van der Waals surface area (Å²) in [6.45, 7) is 6.53. The Hall–Kier alpha value is -0.930. The molecule has 1 saturated heterocycles. The maximum Gasteiger partial charge on any atom is 0.0315 e. The zero-order valence-corrected chi connectivity index (χ0v) is 10.9. The number of hydrogen-bond acceptors (Lipinski definition) is 3. The van der Waals surface area contributed by atoms with E-state index in [1.165, 1.54) is 36.9 Å². The fraction of sp³-hybridized carbons (Fsp3) is 0.643. The van der Waals surface area contributed by atoms with E-state index >= 15 is 0 Å². The van der Waals surface area contributed by atoms with Crippen molar-refractivity contribution in [2.24, 2.45) is 0 Å². The van der Waals surface area contributed by atoms with E-state index in [0.717, 1.165) is 6.54 Å². The van der Waals surface area contributed by atoms with Gasteiger partial charge in [0.15, 0.2) is 0 Å². The molecule has 0 radical (unpaired) electrons. The SMILES string of the molecule is Cc1ccncc1CNC(C)CC1CCCN1. The molecule has 0 amide bonds. The summed E-state index contributed by atoms with van der Waals surface area (Å²) in [5.41, 5.74) is 2.62. The molecule has 1 aliphatic rings. The Morgan fingerprint density at radius 3 is 3.18 bits per heavy atom. The van der Waals surface area contributed by atoms with Crippen LogP contribution in [-0.4, -0.2) is 23.6 Å². The van der Waals surface area contributed by atoms with E-state index in [4.69, 9.17) is 0 Å². The Morgan fingerprint density at radius 2 is 2.47 bits per heavy atom. The van der Waals surface area contributed by atoms with Gasteiger partial charge in [0, 0.05) is 31.0 Å². The molecule has 1 aliphatic heterocycles. The zero-order chi connectivity index (χ0) is 12.1. The molecule has 0 bridgehead atoms. The summed E-state index contributed by atoms with van der Waals surface area (Å²) < 4.78 is 0. The number of rotatable bonds is 5. The second-order valence-electron chi connectivity index (χ2n) is 5.11. The molecule has 0 aromatic carbocycles. The van der Waals surface area contributed by atoms with Crippen LogP contribution in [0.2, 0.25) is 0 Å². The number of hydrogen-bond donors (Lipinski definition) is 2. The molecule has 3 heteroatoms. The summed E-state index contributed by atoms with van der Waals surface area (Å²) in [5.74, 6) is 0. The molecule has 3 nitrogen and oxygen atoms in total. The van der Waals surface area contributed by atoms with Crippen LogP contribution in [-0.2, 0) is 6.54 Å². The van der Waals surface area contributed by atoms with E-state index in [9.17, 15) is 0 Å². The third-order valence-corrected chi connectivity index (χ3v) is 3.59. The second kappa shape index (κ2) is 6.12. The first kappa shape index (κ1) is 12.5. The van der Waals surface area contributed by atoms with Crippen LogP contribution in [0.5, 0.6) is 0 Å². The normalized spacial score (nSPS) is 21.6. The summed E-state index contributed by atoms with van der Waals surface area (Å²) in [6, 6.07) is 3.35. The van der Waals surface area contributed by atoms with E-state index < -0.39 is 0 Å². The zero-order valence-electron chi connectivity index (χ0n) is 10.9. The first-order valence-electron chi connectivity index (χ1n) is 6.62. The summed E-state index contributed by atoms with van der Waals surface area (Å²) in [6.07, 6.45) is 7.70. The van der Waals surface area contributed by atoms with Gasteiger partial charge in [-0.1, -0.05) is 0 Å². The minimum atomic E-state index is 0.560. The van der Waals surface area contributed by atoms with E-state index in [1.54, 1.807) is 0 Å². The van der Waals surface area contributed by atoms with Gasteiger partial charge in [0.1, 0.15) is 0 Å². The first-order chi connectivity index (χ1) is 8.25. The van der Waals surface area contributed by atoms with Crippen LogP contribution in [0, 0.1) is 6.92 Å². The number of aromatic nitrogens is 1. The Morgan fingerprint density at radius 1 is 1.59 bits per heavy atom. The Bertz CT molecular complexity index is 345. The molecule has 17 heavy (non-hydrogen) atoms. The van der Waals surface area contributed by atoms with Gasteiger partial charge < -0.3 is 10.6 Å². The Labute approximate surface area is 104 Å². The predicted octanol–water partition coefficient (Wildman–Crippen LogP) is 2.01. The molecule has 2 atom stereocenters. The van der Waals surface area contributed by atoms with Crippen LogP contribution < -0.4 is 10.6 Å². The molecular weight excluding hydrogens is 210 g/mol. The van der Waals surface area contributed by atoms with Gasteiger partial charge in [0.25, 0.3) is 0 Å². The highest BCUT2D eigenvalue weighted by Crippen LogP contribution is 2.11.